The van der Waals surface area contributed by atoms with E-state index in [0.29, 0.717) is 29.7 Å². The molecule has 8 nitrogen and oxygen atoms in total. The van der Waals surface area contributed by atoms with Gasteiger partial charge >= 0.3 is 0 Å². The van der Waals surface area contributed by atoms with Gasteiger partial charge in [0.2, 0.25) is 5.95 Å². The molecule has 1 aromatic heterocycles. The van der Waals surface area contributed by atoms with Gasteiger partial charge in [0, 0.05) is 23.3 Å². The zero-order chi connectivity index (χ0) is 24.0. The number of nitrogens with one attached hydrogen (secondary N) is 1. The summed E-state index contributed by atoms with van der Waals surface area (Å²) in [5.74, 6) is 3.21. The molecule has 5 rings (SSSR count). The Bertz CT molecular complexity index is 1310. The molecule has 1 atom stereocenters. The number of allylic oxidation sites excluding steroid dienone is 2. The lowest BCUT2D eigenvalue weighted by Crippen LogP contribution is -2.36. The van der Waals surface area contributed by atoms with Gasteiger partial charge in [0.1, 0.15) is 11.8 Å². The van der Waals surface area contributed by atoms with Crippen molar-refractivity contribution in [2.24, 2.45) is 5.41 Å². The van der Waals surface area contributed by atoms with Crippen molar-refractivity contribution in [2.45, 2.75) is 32.7 Å². The van der Waals surface area contributed by atoms with Gasteiger partial charge in [-0.15, -0.1) is 5.10 Å². The van der Waals surface area contributed by atoms with Crippen LogP contribution in [-0.4, -0.2) is 41.9 Å². The molecule has 2 aliphatic rings. The smallest absolute Gasteiger partial charge is 0.226 e. The number of aromatic nitrogens is 3. The first kappa shape index (κ1) is 22.0. The Morgan fingerprint density at radius 1 is 1.00 bits per heavy atom. The highest BCUT2D eigenvalue weighted by atomic mass is 16.5. The van der Waals surface area contributed by atoms with Crippen LogP contribution in [0.1, 0.15) is 38.3 Å². The summed E-state index contributed by atoms with van der Waals surface area (Å²) in [5.41, 5.74) is 3.23. The normalized spacial score (nSPS) is 18.6. The van der Waals surface area contributed by atoms with E-state index >= 15 is 0 Å². The van der Waals surface area contributed by atoms with E-state index in [9.17, 15) is 4.79 Å². The van der Waals surface area contributed by atoms with Gasteiger partial charge in [-0.3, -0.25) is 4.79 Å². The van der Waals surface area contributed by atoms with E-state index in [0.717, 1.165) is 34.6 Å². The molecule has 34 heavy (non-hydrogen) atoms. The van der Waals surface area contributed by atoms with Crippen LogP contribution in [0.4, 0.5) is 5.95 Å². The molecule has 0 saturated carbocycles. The average molecular weight is 461 g/mol. The predicted molar refractivity (Wildman–Crippen MR) is 128 cm³/mol. The molecule has 0 saturated heterocycles. The number of nitrogens with zero attached hydrogens (tertiary/aromatic N) is 3. The quantitative estimate of drug-likeness (QED) is 0.594. The molecule has 3 aromatic rings. The molecule has 1 aliphatic heterocycles. The molecule has 0 spiro atoms. The molecule has 8 heteroatoms. The lowest BCUT2D eigenvalue weighted by molar-refractivity contribution is -0.118. The van der Waals surface area contributed by atoms with Crippen LogP contribution in [0.25, 0.3) is 11.4 Å². The summed E-state index contributed by atoms with van der Waals surface area (Å²) in [4.78, 5) is 18.2. The molecule has 2 aromatic carbocycles. The van der Waals surface area contributed by atoms with Gasteiger partial charge in [-0.1, -0.05) is 26.0 Å². The number of carbonyl (C=O) groups is 1. The fraction of sp³-hybridized carbons (Fsp3) is 0.346. The van der Waals surface area contributed by atoms with Crippen molar-refractivity contribution in [3.05, 3.63) is 59.3 Å². The van der Waals surface area contributed by atoms with Crippen LogP contribution >= 0.6 is 0 Å². The number of rotatable bonds is 5. The van der Waals surface area contributed by atoms with Crippen molar-refractivity contribution >= 4 is 11.7 Å². The number of hydrogen-bond acceptors (Lipinski definition) is 7. The largest absolute Gasteiger partial charge is 0.497 e. The van der Waals surface area contributed by atoms with E-state index in [1.54, 1.807) is 26.0 Å². The summed E-state index contributed by atoms with van der Waals surface area (Å²) >= 11 is 0. The van der Waals surface area contributed by atoms with E-state index < -0.39 is 6.04 Å². The first-order valence-electron chi connectivity index (χ1n) is 11.2. The Balaban J connectivity index is 1.66. The SMILES string of the molecule is COc1cccc(C2C3=C(CC(C)(C)CC3=O)Nc3nc(-c4ccc(OC)c(OC)c4)nn32)c1. The Hall–Kier alpha value is -3.81. The van der Waals surface area contributed by atoms with Gasteiger partial charge < -0.3 is 19.5 Å². The van der Waals surface area contributed by atoms with Crippen molar-refractivity contribution in [3.63, 3.8) is 0 Å². The molecule has 176 valence electrons. The van der Waals surface area contributed by atoms with Gasteiger partial charge in [-0.2, -0.15) is 4.98 Å². The molecular formula is C26H28N4O4. The third-order valence-electron chi connectivity index (χ3n) is 6.38. The van der Waals surface area contributed by atoms with Crippen LogP contribution in [0, 0.1) is 5.41 Å². The van der Waals surface area contributed by atoms with Crippen molar-refractivity contribution < 1.29 is 19.0 Å². The van der Waals surface area contributed by atoms with Gasteiger partial charge in [0.25, 0.3) is 0 Å². The standard InChI is InChI=1S/C26H28N4O4/c1-26(2)13-18-22(19(31)14-26)23(15-7-6-8-17(11-15)32-3)30-25(27-18)28-24(29-30)16-9-10-20(33-4)21(12-16)34-5/h6-12,23H,13-14H2,1-5H3,(H,27,28,29). The van der Waals surface area contributed by atoms with Gasteiger partial charge in [-0.25, -0.2) is 4.68 Å². The molecule has 0 radical (unpaired) electrons. The predicted octanol–water partition coefficient (Wildman–Crippen LogP) is 4.63. The summed E-state index contributed by atoms with van der Waals surface area (Å²) < 4.78 is 18.1. The molecule has 0 bridgehead atoms. The maximum absolute atomic E-state index is 13.4. The monoisotopic (exact) mass is 460 g/mol. The number of benzene rings is 2. The van der Waals surface area contributed by atoms with Gasteiger partial charge in [0.05, 0.1) is 21.3 Å². The van der Waals surface area contributed by atoms with Crippen molar-refractivity contribution in [1.29, 1.82) is 0 Å². The number of Topliss-reactive ketones (excluding diaryl/α,β-unsaturated/α-hetero) is 1. The number of ether oxygens (including phenoxy) is 3. The highest BCUT2D eigenvalue weighted by Crippen LogP contribution is 2.46. The second-order valence-corrected chi connectivity index (χ2v) is 9.41. The first-order valence-corrected chi connectivity index (χ1v) is 11.2. The Morgan fingerprint density at radius 2 is 1.79 bits per heavy atom. The van der Waals surface area contributed by atoms with Crippen LogP contribution in [0.15, 0.2) is 53.7 Å². The summed E-state index contributed by atoms with van der Waals surface area (Å²) in [6.07, 6.45) is 1.24. The highest BCUT2D eigenvalue weighted by molar-refractivity contribution is 6.00. The number of hydrogen-bond donors (Lipinski definition) is 1. The van der Waals surface area contributed by atoms with Crippen LogP contribution < -0.4 is 19.5 Å². The van der Waals surface area contributed by atoms with E-state index in [1.807, 2.05) is 42.5 Å². The molecule has 0 amide bonds. The Labute approximate surface area is 198 Å². The maximum Gasteiger partial charge on any atom is 0.226 e. The number of fused-ring (bicyclic) bond motifs is 1. The summed E-state index contributed by atoms with van der Waals surface area (Å²) in [6, 6.07) is 12.9. The minimum atomic E-state index is -0.397. The Morgan fingerprint density at radius 3 is 2.53 bits per heavy atom. The fourth-order valence-corrected chi connectivity index (χ4v) is 4.83. The van der Waals surface area contributed by atoms with E-state index in [-0.39, 0.29) is 11.2 Å². The summed E-state index contributed by atoms with van der Waals surface area (Å²) in [6.45, 7) is 4.23. The molecule has 2 heterocycles. The lowest BCUT2D eigenvalue weighted by Gasteiger charge is -2.38. The van der Waals surface area contributed by atoms with Crippen molar-refractivity contribution in [3.8, 4) is 28.6 Å². The van der Waals surface area contributed by atoms with E-state index in [2.05, 4.69) is 19.2 Å². The summed E-state index contributed by atoms with van der Waals surface area (Å²) in [5, 5.41) is 8.26. The minimum Gasteiger partial charge on any atom is -0.497 e. The number of ketones is 1. The fourth-order valence-electron chi connectivity index (χ4n) is 4.83. The Kier molecular flexibility index (Phi) is 5.31. The van der Waals surface area contributed by atoms with E-state index in [1.165, 1.54) is 0 Å². The molecule has 0 fully saturated rings. The molecule has 1 unspecified atom stereocenters. The average Bonchev–Trinajstić information content (AvgIpc) is 3.25. The number of carbonyl (C=O) groups excluding carboxylic acids is 1. The third kappa shape index (κ3) is 3.69. The van der Waals surface area contributed by atoms with Gasteiger partial charge in [0.15, 0.2) is 23.1 Å². The highest BCUT2D eigenvalue weighted by Gasteiger charge is 2.42. The minimum absolute atomic E-state index is 0.125. The van der Waals surface area contributed by atoms with Crippen LogP contribution in [0.2, 0.25) is 0 Å². The molecular weight excluding hydrogens is 432 g/mol. The summed E-state index contributed by atoms with van der Waals surface area (Å²) in [7, 11) is 4.83. The maximum atomic E-state index is 13.4. The van der Waals surface area contributed by atoms with Crippen LogP contribution in [0.3, 0.4) is 0 Å². The molecule has 1 N–H and O–H groups in total. The van der Waals surface area contributed by atoms with Crippen LogP contribution in [0.5, 0.6) is 17.2 Å². The van der Waals surface area contributed by atoms with Crippen molar-refractivity contribution in [2.75, 3.05) is 26.6 Å². The molecule has 1 aliphatic carbocycles. The second-order valence-electron chi connectivity index (χ2n) is 9.41. The lowest BCUT2D eigenvalue weighted by atomic mass is 9.73. The number of methoxy groups -OCH3 is 3. The third-order valence-corrected chi connectivity index (χ3v) is 6.38. The second kappa shape index (κ2) is 8.20. The number of anilines is 1. The first-order chi connectivity index (χ1) is 16.3. The zero-order valence-electron chi connectivity index (χ0n) is 20.0. The van der Waals surface area contributed by atoms with Crippen molar-refractivity contribution in [1.82, 2.24) is 14.8 Å². The van der Waals surface area contributed by atoms with Crippen LogP contribution in [-0.2, 0) is 4.79 Å². The van der Waals surface area contributed by atoms with E-state index in [4.69, 9.17) is 24.3 Å². The van der Waals surface area contributed by atoms with Gasteiger partial charge in [-0.05, 0) is 47.7 Å². The topological polar surface area (TPSA) is 87.5 Å². The zero-order valence-corrected chi connectivity index (χ0v) is 20.0.